The van der Waals surface area contributed by atoms with Crippen molar-refractivity contribution in [2.45, 2.75) is 34.2 Å². The third-order valence-electron chi connectivity index (χ3n) is 4.31. The summed E-state index contributed by atoms with van der Waals surface area (Å²) in [4.78, 5) is 15.4. The number of thiophene rings is 1. The Balaban J connectivity index is 1.80. The molecule has 0 aliphatic rings. The minimum absolute atomic E-state index is 0.0458. The molecule has 0 saturated carbocycles. The topological polar surface area (TPSA) is 46.3 Å². The summed E-state index contributed by atoms with van der Waals surface area (Å²) < 4.78 is 5.54. The highest BCUT2D eigenvalue weighted by Gasteiger charge is 2.20. The van der Waals surface area contributed by atoms with Gasteiger partial charge in [0.25, 0.3) is 5.91 Å². The first-order valence-corrected chi connectivity index (χ1v) is 9.68. The van der Waals surface area contributed by atoms with Gasteiger partial charge in [-0.25, -0.2) is 0 Å². The highest BCUT2D eigenvalue weighted by atomic mass is 32.1. The maximum absolute atomic E-state index is 12.8. The van der Waals surface area contributed by atoms with E-state index in [0.717, 1.165) is 21.9 Å². The molecule has 0 unspecified atom stereocenters. The van der Waals surface area contributed by atoms with E-state index < -0.39 is 0 Å². The van der Waals surface area contributed by atoms with Crippen molar-refractivity contribution in [1.29, 1.82) is 0 Å². The molecule has 3 aromatic rings. The van der Waals surface area contributed by atoms with Crippen LogP contribution in [0.15, 0.2) is 46.3 Å². The summed E-state index contributed by atoms with van der Waals surface area (Å²) in [6, 6.07) is 11.9. The SMILES string of the molecule is Cc1ccc(-c2cc(CN(CC(C)C)C(=O)c3cccs3)no2)cc1C. The van der Waals surface area contributed by atoms with Crippen LogP contribution in [0.5, 0.6) is 0 Å². The van der Waals surface area contributed by atoms with Crippen LogP contribution in [0.3, 0.4) is 0 Å². The Morgan fingerprint density at radius 3 is 2.65 bits per heavy atom. The molecule has 4 nitrogen and oxygen atoms in total. The molecule has 0 atom stereocenters. The lowest BCUT2D eigenvalue weighted by atomic mass is 10.0. The zero-order valence-corrected chi connectivity index (χ0v) is 16.5. The Morgan fingerprint density at radius 2 is 2.00 bits per heavy atom. The summed E-state index contributed by atoms with van der Waals surface area (Å²) in [7, 11) is 0. The molecular weight excluding hydrogens is 344 g/mol. The highest BCUT2D eigenvalue weighted by molar-refractivity contribution is 7.12. The van der Waals surface area contributed by atoms with Crippen LogP contribution in [-0.4, -0.2) is 22.5 Å². The Morgan fingerprint density at radius 1 is 1.19 bits per heavy atom. The number of carbonyl (C=O) groups is 1. The second-order valence-electron chi connectivity index (χ2n) is 7.04. The largest absolute Gasteiger partial charge is 0.356 e. The maximum Gasteiger partial charge on any atom is 0.264 e. The first kappa shape index (κ1) is 18.4. The zero-order valence-electron chi connectivity index (χ0n) is 15.7. The van der Waals surface area contributed by atoms with Gasteiger partial charge in [0.15, 0.2) is 5.76 Å². The van der Waals surface area contributed by atoms with E-state index in [9.17, 15) is 4.79 Å². The van der Waals surface area contributed by atoms with Gasteiger partial charge >= 0.3 is 0 Å². The van der Waals surface area contributed by atoms with Crippen LogP contribution in [0.2, 0.25) is 0 Å². The van der Waals surface area contributed by atoms with E-state index in [0.29, 0.717) is 19.0 Å². The third-order valence-corrected chi connectivity index (χ3v) is 5.17. The molecule has 0 fully saturated rings. The fourth-order valence-corrected chi connectivity index (χ4v) is 3.52. The normalized spacial score (nSPS) is 11.1. The molecular formula is C21H24N2O2S. The molecule has 0 saturated heterocycles. The van der Waals surface area contributed by atoms with Crippen LogP contribution >= 0.6 is 11.3 Å². The number of carbonyl (C=O) groups excluding carboxylic acids is 1. The fraction of sp³-hybridized carbons (Fsp3) is 0.333. The maximum atomic E-state index is 12.8. The van der Waals surface area contributed by atoms with Gasteiger partial charge in [-0.1, -0.05) is 37.2 Å². The molecule has 2 aromatic heterocycles. The standard InChI is InChI=1S/C21H24N2O2S/c1-14(2)12-23(21(24)20-6-5-9-26-20)13-18-11-19(25-22-18)17-8-7-15(3)16(4)10-17/h5-11,14H,12-13H2,1-4H3. The van der Waals surface area contributed by atoms with Gasteiger partial charge in [0.1, 0.15) is 5.69 Å². The Bertz CT molecular complexity index is 881. The van der Waals surface area contributed by atoms with Crippen LogP contribution < -0.4 is 0 Å². The lowest BCUT2D eigenvalue weighted by molar-refractivity contribution is 0.0723. The summed E-state index contributed by atoms with van der Waals surface area (Å²) in [5.74, 6) is 1.16. The highest BCUT2D eigenvalue weighted by Crippen LogP contribution is 2.24. The molecule has 136 valence electrons. The molecule has 0 spiro atoms. The number of aryl methyl sites for hydroxylation is 2. The van der Waals surface area contributed by atoms with Gasteiger partial charge in [0, 0.05) is 18.2 Å². The third kappa shape index (κ3) is 4.22. The van der Waals surface area contributed by atoms with E-state index in [-0.39, 0.29) is 5.91 Å². The van der Waals surface area contributed by atoms with Crippen molar-refractivity contribution in [1.82, 2.24) is 10.1 Å². The van der Waals surface area contributed by atoms with E-state index in [1.807, 2.05) is 34.5 Å². The number of hydrogen-bond acceptors (Lipinski definition) is 4. The minimum atomic E-state index is 0.0458. The summed E-state index contributed by atoms with van der Waals surface area (Å²) in [5, 5.41) is 6.12. The molecule has 3 rings (SSSR count). The second kappa shape index (κ2) is 7.87. The summed E-state index contributed by atoms with van der Waals surface area (Å²) in [6.07, 6.45) is 0. The van der Waals surface area contributed by atoms with E-state index in [2.05, 4.69) is 45.0 Å². The van der Waals surface area contributed by atoms with E-state index >= 15 is 0 Å². The van der Waals surface area contributed by atoms with Crippen LogP contribution in [0.4, 0.5) is 0 Å². The van der Waals surface area contributed by atoms with E-state index in [1.165, 1.54) is 22.5 Å². The number of nitrogens with zero attached hydrogens (tertiary/aromatic N) is 2. The van der Waals surface area contributed by atoms with E-state index in [1.54, 1.807) is 0 Å². The molecule has 0 aliphatic heterocycles. The van der Waals surface area contributed by atoms with Crippen molar-refractivity contribution < 1.29 is 9.32 Å². The number of aromatic nitrogens is 1. The predicted molar refractivity (Wildman–Crippen MR) is 105 cm³/mol. The molecule has 0 radical (unpaired) electrons. The van der Waals surface area contributed by atoms with Gasteiger partial charge in [-0.05, 0) is 48.4 Å². The van der Waals surface area contributed by atoms with Crippen LogP contribution in [0.1, 0.15) is 40.3 Å². The van der Waals surface area contributed by atoms with Crippen LogP contribution in [-0.2, 0) is 6.54 Å². The molecule has 0 aliphatic carbocycles. The van der Waals surface area contributed by atoms with Crippen molar-refractivity contribution in [3.63, 3.8) is 0 Å². The van der Waals surface area contributed by atoms with Gasteiger partial charge in [-0.2, -0.15) is 0 Å². The fourth-order valence-electron chi connectivity index (χ4n) is 2.83. The molecule has 5 heteroatoms. The second-order valence-corrected chi connectivity index (χ2v) is 7.99. The monoisotopic (exact) mass is 368 g/mol. The van der Waals surface area contributed by atoms with E-state index in [4.69, 9.17) is 4.52 Å². The zero-order chi connectivity index (χ0) is 18.7. The molecule has 1 aromatic carbocycles. The van der Waals surface area contributed by atoms with Crippen molar-refractivity contribution in [3.8, 4) is 11.3 Å². The first-order chi connectivity index (χ1) is 12.4. The molecule has 0 bridgehead atoms. The smallest absolute Gasteiger partial charge is 0.264 e. The predicted octanol–water partition coefficient (Wildman–Crippen LogP) is 5.32. The van der Waals surface area contributed by atoms with Crippen molar-refractivity contribution >= 4 is 17.2 Å². The number of benzene rings is 1. The minimum Gasteiger partial charge on any atom is -0.356 e. The number of rotatable bonds is 6. The Labute approximate surface area is 158 Å². The Hall–Kier alpha value is -2.40. The molecule has 1 amide bonds. The van der Waals surface area contributed by atoms with Gasteiger partial charge in [-0.3, -0.25) is 4.79 Å². The summed E-state index contributed by atoms with van der Waals surface area (Å²) >= 11 is 1.47. The van der Waals surface area contributed by atoms with Crippen molar-refractivity contribution in [3.05, 3.63) is 63.5 Å². The summed E-state index contributed by atoms with van der Waals surface area (Å²) in [6.45, 7) is 9.52. The first-order valence-electron chi connectivity index (χ1n) is 8.80. The van der Waals surface area contributed by atoms with Crippen molar-refractivity contribution in [2.24, 2.45) is 5.92 Å². The molecule has 0 N–H and O–H groups in total. The summed E-state index contributed by atoms with van der Waals surface area (Å²) in [5.41, 5.74) is 4.24. The van der Waals surface area contributed by atoms with Crippen LogP contribution in [0, 0.1) is 19.8 Å². The molecule has 26 heavy (non-hydrogen) atoms. The number of hydrogen-bond donors (Lipinski definition) is 0. The van der Waals surface area contributed by atoms with Crippen molar-refractivity contribution in [2.75, 3.05) is 6.54 Å². The van der Waals surface area contributed by atoms with Gasteiger partial charge in [0.05, 0.1) is 11.4 Å². The lowest BCUT2D eigenvalue weighted by Gasteiger charge is -2.23. The van der Waals surface area contributed by atoms with Crippen LogP contribution in [0.25, 0.3) is 11.3 Å². The van der Waals surface area contributed by atoms with Gasteiger partial charge in [-0.15, -0.1) is 11.3 Å². The lowest BCUT2D eigenvalue weighted by Crippen LogP contribution is -2.33. The van der Waals surface area contributed by atoms with Gasteiger partial charge < -0.3 is 9.42 Å². The Kier molecular flexibility index (Phi) is 5.57. The average molecular weight is 369 g/mol. The average Bonchev–Trinajstić information content (AvgIpc) is 3.27. The molecule has 2 heterocycles. The quantitative estimate of drug-likeness (QED) is 0.592. The number of amides is 1. The van der Waals surface area contributed by atoms with Gasteiger partial charge in [0.2, 0.25) is 0 Å².